The molecule has 4 heteroatoms. The molecule has 0 bridgehead atoms. The van der Waals surface area contributed by atoms with Gasteiger partial charge in [0.25, 0.3) is 0 Å². The molecule has 4 nitrogen and oxygen atoms in total. The number of rotatable bonds is 2. The average Bonchev–Trinajstić information content (AvgIpc) is 2.77. The van der Waals surface area contributed by atoms with Crippen molar-refractivity contribution in [1.29, 1.82) is 0 Å². The third-order valence-electron chi connectivity index (χ3n) is 3.08. The molecule has 0 fully saturated rings. The van der Waals surface area contributed by atoms with E-state index in [1.165, 1.54) is 0 Å². The van der Waals surface area contributed by atoms with Crippen molar-refractivity contribution < 1.29 is 0 Å². The van der Waals surface area contributed by atoms with E-state index < -0.39 is 0 Å². The first kappa shape index (κ1) is 10.9. The Labute approximate surface area is 105 Å². The molecule has 0 spiro atoms. The van der Waals surface area contributed by atoms with Gasteiger partial charge in [-0.05, 0) is 17.7 Å². The molecule has 2 N–H and O–H groups in total. The number of aryl methyl sites for hydroxylation is 1. The molecule has 2 heterocycles. The predicted octanol–water partition coefficient (Wildman–Crippen LogP) is 2.09. The molecule has 90 valence electrons. The normalized spacial score (nSPS) is 11.0. The summed E-state index contributed by atoms with van der Waals surface area (Å²) < 4.78 is 2.01. The van der Waals surface area contributed by atoms with Crippen molar-refractivity contribution in [3.05, 3.63) is 48.2 Å². The van der Waals surface area contributed by atoms with Crippen LogP contribution in [0.4, 0.5) is 0 Å². The Balaban J connectivity index is 2.15. The van der Waals surface area contributed by atoms with Gasteiger partial charge in [-0.15, -0.1) is 0 Å². The topological polar surface area (TPSA) is 56.7 Å². The van der Waals surface area contributed by atoms with Gasteiger partial charge in [-0.1, -0.05) is 24.3 Å². The van der Waals surface area contributed by atoms with E-state index in [1.54, 1.807) is 6.20 Å². The van der Waals surface area contributed by atoms with Crippen LogP contribution >= 0.6 is 0 Å². The second kappa shape index (κ2) is 4.23. The number of fused-ring (bicyclic) bond motifs is 1. The van der Waals surface area contributed by atoms with E-state index in [2.05, 4.69) is 9.97 Å². The average molecular weight is 238 g/mol. The van der Waals surface area contributed by atoms with Crippen LogP contribution in [0.2, 0.25) is 0 Å². The zero-order valence-corrected chi connectivity index (χ0v) is 10.2. The van der Waals surface area contributed by atoms with Gasteiger partial charge in [-0.25, -0.2) is 9.97 Å². The Morgan fingerprint density at radius 2 is 1.94 bits per heavy atom. The second-order valence-corrected chi connectivity index (χ2v) is 4.24. The summed E-state index contributed by atoms with van der Waals surface area (Å²) >= 11 is 0. The van der Waals surface area contributed by atoms with Gasteiger partial charge in [0.15, 0.2) is 5.65 Å². The number of nitrogens with two attached hydrogens (primary N) is 1. The monoisotopic (exact) mass is 238 g/mol. The first-order chi connectivity index (χ1) is 8.79. The van der Waals surface area contributed by atoms with E-state index in [4.69, 9.17) is 5.73 Å². The summed E-state index contributed by atoms with van der Waals surface area (Å²) in [7, 11) is 1.98. The SMILES string of the molecule is Cn1c(-c2ccc(CN)cc2)nc2cccnc21. The molecule has 1 aromatic carbocycles. The molecule has 0 aliphatic rings. The largest absolute Gasteiger partial charge is 0.326 e. The lowest BCUT2D eigenvalue weighted by atomic mass is 10.1. The van der Waals surface area contributed by atoms with Crippen molar-refractivity contribution >= 4 is 11.2 Å². The summed E-state index contributed by atoms with van der Waals surface area (Å²) in [5, 5.41) is 0. The summed E-state index contributed by atoms with van der Waals surface area (Å²) in [5.74, 6) is 0.923. The molecule has 0 saturated carbocycles. The third-order valence-corrected chi connectivity index (χ3v) is 3.08. The standard InChI is InChI=1S/C14H14N4/c1-18-13(11-6-4-10(9-15)5-7-11)17-12-3-2-8-16-14(12)18/h2-8H,9,15H2,1H3. The highest BCUT2D eigenvalue weighted by molar-refractivity contribution is 5.76. The van der Waals surface area contributed by atoms with Gasteiger partial charge in [0.05, 0.1) is 0 Å². The van der Waals surface area contributed by atoms with Crippen LogP contribution in [-0.2, 0) is 13.6 Å². The molecule has 18 heavy (non-hydrogen) atoms. The maximum atomic E-state index is 5.60. The molecule has 0 aliphatic carbocycles. The lowest BCUT2D eigenvalue weighted by Gasteiger charge is -2.03. The minimum atomic E-state index is 0.560. The van der Waals surface area contributed by atoms with E-state index in [1.807, 2.05) is 48.0 Å². The van der Waals surface area contributed by atoms with E-state index in [-0.39, 0.29) is 0 Å². The quantitative estimate of drug-likeness (QED) is 0.743. The number of benzene rings is 1. The second-order valence-electron chi connectivity index (χ2n) is 4.24. The summed E-state index contributed by atoms with van der Waals surface area (Å²) in [4.78, 5) is 8.95. The maximum absolute atomic E-state index is 5.60. The van der Waals surface area contributed by atoms with Gasteiger partial charge in [0.2, 0.25) is 0 Å². The Bertz CT molecular complexity index is 683. The molecule has 2 aromatic heterocycles. The summed E-state index contributed by atoms with van der Waals surface area (Å²) in [5.41, 5.74) is 9.61. The number of hydrogen-bond donors (Lipinski definition) is 1. The van der Waals surface area contributed by atoms with Gasteiger partial charge in [-0.3, -0.25) is 0 Å². The van der Waals surface area contributed by atoms with Crippen LogP contribution in [-0.4, -0.2) is 14.5 Å². The van der Waals surface area contributed by atoms with E-state index in [9.17, 15) is 0 Å². The molecule has 0 saturated heterocycles. The smallest absolute Gasteiger partial charge is 0.159 e. The summed E-state index contributed by atoms with van der Waals surface area (Å²) in [6, 6.07) is 12.0. The van der Waals surface area contributed by atoms with Gasteiger partial charge in [0.1, 0.15) is 11.3 Å². The number of aromatic nitrogens is 3. The molecule has 0 aliphatic heterocycles. The Morgan fingerprint density at radius 1 is 1.17 bits per heavy atom. The highest BCUT2D eigenvalue weighted by atomic mass is 15.1. The molecular formula is C14H14N4. The molecular weight excluding hydrogens is 224 g/mol. The minimum Gasteiger partial charge on any atom is -0.326 e. The first-order valence-corrected chi connectivity index (χ1v) is 5.86. The number of hydrogen-bond acceptors (Lipinski definition) is 3. The van der Waals surface area contributed by atoms with Crippen LogP contribution in [0, 0.1) is 0 Å². The van der Waals surface area contributed by atoms with Gasteiger partial charge < -0.3 is 10.3 Å². The minimum absolute atomic E-state index is 0.560. The summed E-state index contributed by atoms with van der Waals surface area (Å²) in [6.07, 6.45) is 1.78. The van der Waals surface area contributed by atoms with Crippen LogP contribution < -0.4 is 5.73 Å². The molecule has 0 unspecified atom stereocenters. The number of imidazole rings is 1. The molecule has 0 atom stereocenters. The first-order valence-electron chi connectivity index (χ1n) is 5.86. The van der Waals surface area contributed by atoms with Crippen molar-refractivity contribution in [2.45, 2.75) is 6.54 Å². The fourth-order valence-corrected chi connectivity index (χ4v) is 2.07. The highest BCUT2D eigenvalue weighted by Crippen LogP contribution is 2.22. The van der Waals surface area contributed by atoms with Crippen molar-refractivity contribution in [2.75, 3.05) is 0 Å². The maximum Gasteiger partial charge on any atom is 0.159 e. The zero-order valence-electron chi connectivity index (χ0n) is 10.2. The van der Waals surface area contributed by atoms with Crippen LogP contribution in [0.1, 0.15) is 5.56 Å². The Morgan fingerprint density at radius 3 is 2.61 bits per heavy atom. The lowest BCUT2D eigenvalue weighted by Crippen LogP contribution is -1.97. The number of pyridine rings is 1. The molecule has 0 amide bonds. The lowest BCUT2D eigenvalue weighted by molar-refractivity contribution is 0.941. The summed E-state index contributed by atoms with van der Waals surface area (Å²) in [6.45, 7) is 0.560. The van der Waals surface area contributed by atoms with Crippen LogP contribution in [0.25, 0.3) is 22.6 Å². The van der Waals surface area contributed by atoms with Crippen LogP contribution in [0.5, 0.6) is 0 Å². The highest BCUT2D eigenvalue weighted by Gasteiger charge is 2.09. The van der Waals surface area contributed by atoms with Gasteiger partial charge in [0, 0.05) is 25.4 Å². The van der Waals surface area contributed by atoms with Crippen molar-refractivity contribution in [1.82, 2.24) is 14.5 Å². The van der Waals surface area contributed by atoms with Crippen LogP contribution in [0.15, 0.2) is 42.6 Å². The fourth-order valence-electron chi connectivity index (χ4n) is 2.07. The Kier molecular flexibility index (Phi) is 2.57. The van der Waals surface area contributed by atoms with Crippen molar-refractivity contribution in [3.8, 4) is 11.4 Å². The molecule has 0 radical (unpaired) electrons. The van der Waals surface area contributed by atoms with E-state index in [0.717, 1.165) is 28.1 Å². The molecule has 3 rings (SSSR count). The fraction of sp³-hybridized carbons (Fsp3) is 0.143. The van der Waals surface area contributed by atoms with Crippen LogP contribution in [0.3, 0.4) is 0 Å². The van der Waals surface area contributed by atoms with Gasteiger partial charge >= 0.3 is 0 Å². The zero-order chi connectivity index (χ0) is 12.5. The van der Waals surface area contributed by atoms with E-state index in [0.29, 0.717) is 6.54 Å². The van der Waals surface area contributed by atoms with E-state index >= 15 is 0 Å². The number of nitrogens with zero attached hydrogens (tertiary/aromatic N) is 3. The Hall–Kier alpha value is -2.20. The van der Waals surface area contributed by atoms with Gasteiger partial charge in [-0.2, -0.15) is 0 Å². The third kappa shape index (κ3) is 1.67. The van der Waals surface area contributed by atoms with Crippen molar-refractivity contribution in [2.24, 2.45) is 12.8 Å². The predicted molar refractivity (Wildman–Crippen MR) is 71.8 cm³/mol. The molecule has 3 aromatic rings. The van der Waals surface area contributed by atoms with Crippen molar-refractivity contribution in [3.63, 3.8) is 0 Å².